The topological polar surface area (TPSA) is 203 Å². The van der Waals surface area contributed by atoms with E-state index < -0.39 is 41.4 Å². The van der Waals surface area contributed by atoms with Gasteiger partial charge in [0, 0.05) is 19.8 Å². The summed E-state index contributed by atoms with van der Waals surface area (Å²) in [5, 5.41) is 7.95. The molecule has 228 valence electrons. The summed E-state index contributed by atoms with van der Waals surface area (Å²) in [6.45, 7) is 7.14. The molecule has 14 heteroatoms. The third-order valence-electron chi connectivity index (χ3n) is 5.76. The molecular formula is C25H49N5O9. The number of nitrogens with two attached hydrogens (primary N) is 2. The molecule has 0 saturated heterocycles. The predicted octanol–water partition coefficient (Wildman–Crippen LogP) is -0.718. The summed E-state index contributed by atoms with van der Waals surface area (Å²) in [7, 11) is 2.77. The van der Waals surface area contributed by atoms with Gasteiger partial charge in [0.2, 0.25) is 17.7 Å². The fourth-order valence-electron chi connectivity index (χ4n) is 3.28. The van der Waals surface area contributed by atoms with E-state index in [0.717, 1.165) is 0 Å². The Kier molecular flexibility index (Phi) is 20.2. The van der Waals surface area contributed by atoms with Crippen molar-refractivity contribution in [3.05, 3.63) is 0 Å². The zero-order valence-electron chi connectivity index (χ0n) is 24.0. The minimum atomic E-state index is -1.21. The second-order valence-corrected chi connectivity index (χ2v) is 9.72. The van der Waals surface area contributed by atoms with E-state index in [4.69, 9.17) is 25.8 Å². The summed E-state index contributed by atoms with van der Waals surface area (Å²) in [4.78, 5) is 55.1. The molecule has 14 nitrogen and oxygen atoms in total. The van der Waals surface area contributed by atoms with Crippen molar-refractivity contribution in [2.24, 2.45) is 11.6 Å². The summed E-state index contributed by atoms with van der Waals surface area (Å²) < 4.78 is 20.8. The highest BCUT2D eigenvalue weighted by Gasteiger charge is 2.30. The van der Waals surface area contributed by atoms with Gasteiger partial charge in [-0.25, -0.2) is 5.90 Å². The fraction of sp³-hybridized carbons (Fsp3) is 0.840. The Hall–Kier alpha value is -2.36. The van der Waals surface area contributed by atoms with Crippen LogP contribution in [0.4, 0.5) is 0 Å². The first kappa shape index (κ1) is 36.6. The lowest BCUT2D eigenvalue weighted by atomic mass is 10.1. The zero-order valence-corrected chi connectivity index (χ0v) is 24.0. The molecule has 0 heterocycles. The van der Waals surface area contributed by atoms with Crippen molar-refractivity contribution < 1.29 is 43.0 Å². The number of esters is 1. The molecule has 0 rings (SSSR count). The van der Waals surface area contributed by atoms with Gasteiger partial charge in [0.25, 0.3) is 0 Å². The van der Waals surface area contributed by atoms with Crippen LogP contribution in [0.25, 0.3) is 0 Å². The molecule has 0 saturated carbocycles. The number of methoxy groups -OCH3 is 2. The lowest BCUT2D eigenvalue weighted by Gasteiger charge is -2.26. The van der Waals surface area contributed by atoms with Crippen LogP contribution in [-0.2, 0) is 43.0 Å². The van der Waals surface area contributed by atoms with E-state index in [-0.39, 0.29) is 32.1 Å². The maximum absolute atomic E-state index is 13.2. The highest BCUT2D eigenvalue weighted by molar-refractivity contribution is 5.94. The third-order valence-corrected chi connectivity index (χ3v) is 5.76. The molecule has 7 N–H and O–H groups in total. The normalized spacial score (nSPS) is 13.7. The van der Waals surface area contributed by atoms with Crippen molar-refractivity contribution in [2.45, 2.75) is 83.0 Å². The second kappa shape index (κ2) is 21.5. The van der Waals surface area contributed by atoms with Gasteiger partial charge in [-0.05, 0) is 59.4 Å². The third kappa shape index (κ3) is 18.5. The van der Waals surface area contributed by atoms with Crippen LogP contribution in [-0.4, -0.2) is 101 Å². The number of carbonyl (C=O) groups excluding carboxylic acids is 4. The molecule has 0 radical (unpaired) electrons. The molecule has 0 spiro atoms. The smallest absolute Gasteiger partial charge is 0.308 e. The molecule has 3 amide bonds. The van der Waals surface area contributed by atoms with Gasteiger partial charge in [-0.15, -0.1) is 0 Å². The number of hydrogen-bond acceptors (Lipinski definition) is 11. The Morgan fingerprint density at radius 2 is 1.56 bits per heavy atom. The molecule has 0 aliphatic heterocycles. The average Bonchev–Trinajstić information content (AvgIpc) is 2.89. The van der Waals surface area contributed by atoms with E-state index in [9.17, 15) is 19.2 Å². The van der Waals surface area contributed by atoms with E-state index in [1.165, 1.54) is 7.11 Å². The Balaban J connectivity index is 5.21. The SMILES string of the molecule is COCCOCCC(C)(C)OCC(=O)N[C@@H](CCCCN)C(=O)N[C@@H](CC(=O)OC)C(=O)NC(C)CCON. The lowest BCUT2D eigenvalue weighted by molar-refractivity contribution is -0.144. The van der Waals surface area contributed by atoms with E-state index in [2.05, 4.69) is 25.5 Å². The van der Waals surface area contributed by atoms with Crippen molar-refractivity contribution in [1.29, 1.82) is 0 Å². The van der Waals surface area contributed by atoms with Crippen LogP contribution in [0.5, 0.6) is 0 Å². The van der Waals surface area contributed by atoms with Crippen molar-refractivity contribution in [3.63, 3.8) is 0 Å². The van der Waals surface area contributed by atoms with E-state index in [1.54, 1.807) is 14.0 Å². The first-order valence-corrected chi connectivity index (χ1v) is 13.2. The number of hydrogen-bond donors (Lipinski definition) is 5. The average molecular weight is 564 g/mol. The van der Waals surface area contributed by atoms with Crippen molar-refractivity contribution in [2.75, 3.05) is 53.8 Å². The number of amides is 3. The minimum absolute atomic E-state index is 0.213. The fourth-order valence-corrected chi connectivity index (χ4v) is 3.28. The van der Waals surface area contributed by atoms with E-state index >= 15 is 0 Å². The predicted molar refractivity (Wildman–Crippen MR) is 143 cm³/mol. The highest BCUT2D eigenvalue weighted by atomic mass is 16.6. The number of ether oxygens (including phenoxy) is 4. The van der Waals surface area contributed by atoms with Crippen molar-refractivity contribution >= 4 is 23.7 Å². The van der Waals surface area contributed by atoms with Crippen LogP contribution in [0.1, 0.15) is 59.3 Å². The molecule has 39 heavy (non-hydrogen) atoms. The molecule has 0 fully saturated rings. The molecule has 3 atom stereocenters. The molecule has 0 aromatic heterocycles. The number of nitrogens with one attached hydrogen (secondary N) is 3. The molecule has 1 unspecified atom stereocenters. The van der Waals surface area contributed by atoms with E-state index in [1.807, 2.05) is 13.8 Å². The van der Waals surface area contributed by atoms with Gasteiger partial charge in [-0.3, -0.25) is 19.2 Å². The van der Waals surface area contributed by atoms with Crippen LogP contribution in [0.3, 0.4) is 0 Å². The molecule has 0 aromatic rings. The first-order valence-electron chi connectivity index (χ1n) is 13.2. The molecular weight excluding hydrogens is 514 g/mol. The molecule has 0 bridgehead atoms. The molecule has 0 aromatic carbocycles. The summed E-state index contributed by atoms with van der Waals surface area (Å²) in [6.07, 6.45) is 2.06. The van der Waals surface area contributed by atoms with Crippen LogP contribution < -0.4 is 27.6 Å². The van der Waals surface area contributed by atoms with Gasteiger partial charge >= 0.3 is 5.97 Å². The number of carbonyl (C=O) groups is 4. The van der Waals surface area contributed by atoms with E-state index in [0.29, 0.717) is 52.0 Å². The monoisotopic (exact) mass is 563 g/mol. The summed E-state index contributed by atoms with van der Waals surface area (Å²) in [5.41, 5.74) is 4.94. The zero-order chi connectivity index (χ0) is 29.7. The summed E-state index contributed by atoms with van der Waals surface area (Å²) in [6, 6.07) is -2.51. The van der Waals surface area contributed by atoms with Gasteiger partial charge < -0.3 is 45.5 Å². The van der Waals surface area contributed by atoms with Crippen LogP contribution in [0.2, 0.25) is 0 Å². The lowest BCUT2D eigenvalue weighted by Crippen LogP contribution is -2.55. The van der Waals surface area contributed by atoms with Gasteiger partial charge in [0.1, 0.15) is 18.7 Å². The Labute approximate surface area is 231 Å². The standard InChI is InChI=1S/C25H49N5O9/c1-18(9-12-39-27)28-24(34)20(16-22(32)36-5)30-23(33)19(8-6-7-11-26)29-21(31)17-38-25(2,3)10-13-37-15-14-35-4/h18-20H,6-17,26-27H2,1-5H3,(H,28,34)(H,29,31)(H,30,33)/t18?,19-,20-/m0/s1. The van der Waals surface area contributed by atoms with Crippen molar-refractivity contribution in [1.82, 2.24) is 16.0 Å². The number of rotatable bonds is 23. The number of unbranched alkanes of at least 4 members (excludes halogenated alkanes) is 1. The van der Waals surface area contributed by atoms with Gasteiger partial charge in [0.05, 0.1) is 39.0 Å². The minimum Gasteiger partial charge on any atom is -0.469 e. The van der Waals surface area contributed by atoms with Crippen LogP contribution >= 0.6 is 0 Å². The Morgan fingerprint density at radius 1 is 0.872 bits per heavy atom. The van der Waals surface area contributed by atoms with Crippen LogP contribution in [0.15, 0.2) is 0 Å². The maximum atomic E-state index is 13.2. The maximum Gasteiger partial charge on any atom is 0.308 e. The molecule has 0 aliphatic carbocycles. The largest absolute Gasteiger partial charge is 0.469 e. The van der Waals surface area contributed by atoms with Gasteiger partial charge in [-0.1, -0.05) is 0 Å². The van der Waals surface area contributed by atoms with Gasteiger partial charge in [0.15, 0.2) is 0 Å². The first-order chi connectivity index (χ1) is 18.5. The van der Waals surface area contributed by atoms with Gasteiger partial charge in [-0.2, -0.15) is 0 Å². The molecule has 0 aliphatic rings. The summed E-state index contributed by atoms with van der Waals surface area (Å²) in [5.74, 6) is 2.65. The Morgan fingerprint density at radius 3 is 2.18 bits per heavy atom. The van der Waals surface area contributed by atoms with Crippen molar-refractivity contribution in [3.8, 4) is 0 Å². The summed E-state index contributed by atoms with van der Waals surface area (Å²) >= 11 is 0. The quantitative estimate of drug-likeness (QED) is 0.0596. The second-order valence-electron chi connectivity index (χ2n) is 9.72. The Bertz CT molecular complexity index is 724. The van der Waals surface area contributed by atoms with Crippen LogP contribution in [0, 0.1) is 0 Å². The highest BCUT2D eigenvalue weighted by Crippen LogP contribution is 2.14.